The monoisotopic (exact) mass is 287 g/mol. The molecule has 0 aliphatic carbocycles. The molecule has 2 rings (SSSR count). The predicted octanol–water partition coefficient (Wildman–Crippen LogP) is 3.22. The van der Waals surface area contributed by atoms with Gasteiger partial charge in [0.2, 0.25) is 0 Å². The van der Waals surface area contributed by atoms with E-state index in [1.165, 1.54) is 17.6 Å². The number of benzene rings is 2. The van der Waals surface area contributed by atoms with Crippen LogP contribution >= 0.6 is 11.8 Å². The molecule has 2 aromatic carbocycles. The number of carbonyl (C=O) groups excluding carboxylic acids is 1. The second-order valence-electron chi connectivity index (χ2n) is 4.33. The van der Waals surface area contributed by atoms with Gasteiger partial charge in [0.15, 0.2) is 0 Å². The van der Waals surface area contributed by atoms with Crippen LogP contribution < -0.4 is 5.73 Å². The molecule has 0 aliphatic rings. The highest BCUT2D eigenvalue weighted by molar-refractivity contribution is 7.98. The van der Waals surface area contributed by atoms with E-state index in [4.69, 9.17) is 5.73 Å². The topological polar surface area (TPSA) is 52.3 Å². The lowest BCUT2D eigenvalue weighted by atomic mass is 10.1. The molecular weight excluding hydrogens is 270 g/mol. The first-order valence-corrected chi connectivity index (χ1v) is 7.30. The Hall–Kier alpha value is -1.78. The summed E-state index contributed by atoms with van der Waals surface area (Å²) in [4.78, 5) is 12.5. The maximum absolute atomic E-state index is 11.3. The van der Waals surface area contributed by atoms with Crippen LogP contribution in [0.25, 0.3) is 0 Å². The minimum absolute atomic E-state index is 0.306. The van der Waals surface area contributed by atoms with E-state index in [9.17, 15) is 4.79 Å². The number of hydrogen-bond donors (Lipinski definition) is 1. The second-order valence-corrected chi connectivity index (χ2v) is 5.38. The summed E-state index contributed by atoms with van der Waals surface area (Å²) in [5, 5.41) is 0. The Morgan fingerprint density at radius 2 is 1.90 bits per heavy atom. The van der Waals surface area contributed by atoms with Crippen molar-refractivity contribution in [2.75, 3.05) is 7.11 Å². The highest BCUT2D eigenvalue weighted by Gasteiger charge is 2.04. The summed E-state index contributed by atoms with van der Waals surface area (Å²) in [5.74, 6) is 0.551. The summed E-state index contributed by atoms with van der Waals surface area (Å²) < 4.78 is 4.67. The molecule has 20 heavy (non-hydrogen) atoms. The van der Waals surface area contributed by atoms with E-state index in [0.29, 0.717) is 12.1 Å². The highest BCUT2D eigenvalue weighted by atomic mass is 32.2. The third-order valence-corrected chi connectivity index (χ3v) is 3.98. The molecule has 0 bridgehead atoms. The van der Waals surface area contributed by atoms with Crippen molar-refractivity contribution in [2.24, 2.45) is 5.73 Å². The molecule has 2 N–H and O–H groups in total. The van der Waals surface area contributed by atoms with E-state index in [2.05, 4.69) is 16.9 Å². The number of ether oxygens (including phenoxy) is 1. The van der Waals surface area contributed by atoms with Crippen LogP contribution in [0.3, 0.4) is 0 Å². The van der Waals surface area contributed by atoms with Gasteiger partial charge in [-0.2, -0.15) is 0 Å². The van der Waals surface area contributed by atoms with Gasteiger partial charge in [-0.1, -0.05) is 24.3 Å². The zero-order valence-corrected chi connectivity index (χ0v) is 12.2. The SMILES string of the molecule is COC(=O)c1ccc(CSc2cccc(CN)c2)cc1. The molecule has 0 aliphatic heterocycles. The van der Waals surface area contributed by atoms with Crippen LogP contribution in [0.15, 0.2) is 53.4 Å². The Bertz CT molecular complexity index is 581. The van der Waals surface area contributed by atoms with Crippen LogP contribution in [-0.2, 0) is 17.0 Å². The Balaban J connectivity index is 1.98. The van der Waals surface area contributed by atoms with E-state index in [1.807, 2.05) is 24.3 Å². The fourth-order valence-corrected chi connectivity index (χ4v) is 2.72. The number of methoxy groups -OCH3 is 1. The number of rotatable bonds is 5. The first-order chi connectivity index (χ1) is 9.72. The molecule has 0 fully saturated rings. The van der Waals surface area contributed by atoms with Crippen molar-refractivity contribution in [1.29, 1.82) is 0 Å². The van der Waals surface area contributed by atoms with Gasteiger partial charge in [-0.15, -0.1) is 11.8 Å². The van der Waals surface area contributed by atoms with Gasteiger partial charge in [-0.05, 0) is 35.4 Å². The third-order valence-electron chi connectivity index (χ3n) is 2.91. The molecule has 0 saturated heterocycles. The van der Waals surface area contributed by atoms with Crippen LogP contribution in [0.2, 0.25) is 0 Å². The maximum Gasteiger partial charge on any atom is 0.337 e. The summed E-state index contributed by atoms with van der Waals surface area (Å²) >= 11 is 1.75. The molecule has 0 saturated carbocycles. The van der Waals surface area contributed by atoms with Gasteiger partial charge in [0.05, 0.1) is 12.7 Å². The number of thioether (sulfide) groups is 1. The van der Waals surface area contributed by atoms with Crippen LogP contribution in [-0.4, -0.2) is 13.1 Å². The van der Waals surface area contributed by atoms with Crippen LogP contribution in [0, 0.1) is 0 Å². The molecule has 3 nitrogen and oxygen atoms in total. The van der Waals surface area contributed by atoms with Gasteiger partial charge < -0.3 is 10.5 Å². The lowest BCUT2D eigenvalue weighted by Gasteiger charge is -2.05. The molecule has 2 aromatic rings. The Morgan fingerprint density at radius 1 is 1.15 bits per heavy atom. The van der Waals surface area contributed by atoms with E-state index in [1.54, 1.807) is 23.9 Å². The smallest absolute Gasteiger partial charge is 0.337 e. The quantitative estimate of drug-likeness (QED) is 0.677. The van der Waals surface area contributed by atoms with E-state index < -0.39 is 0 Å². The first kappa shape index (κ1) is 14.6. The van der Waals surface area contributed by atoms with Crippen molar-refractivity contribution in [3.63, 3.8) is 0 Å². The minimum atomic E-state index is -0.306. The molecule has 0 radical (unpaired) electrons. The van der Waals surface area contributed by atoms with Crippen LogP contribution in [0.5, 0.6) is 0 Å². The number of nitrogens with two attached hydrogens (primary N) is 1. The number of esters is 1. The highest BCUT2D eigenvalue weighted by Crippen LogP contribution is 2.23. The van der Waals surface area contributed by atoms with Crippen LogP contribution in [0.1, 0.15) is 21.5 Å². The largest absolute Gasteiger partial charge is 0.465 e. The maximum atomic E-state index is 11.3. The summed E-state index contributed by atoms with van der Waals surface area (Å²) in [6.07, 6.45) is 0. The summed E-state index contributed by atoms with van der Waals surface area (Å²) in [5.41, 5.74) is 8.51. The third kappa shape index (κ3) is 3.85. The lowest BCUT2D eigenvalue weighted by molar-refractivity contribution is 0.0600. The summed E-state index contributed by atoms with van der Waals surface area (Å²) in [6.45, 7) is 0.558. The van der Waals surface area contributed by atoms with Gasteiger partial charge in [0, 0.05) is 17.2 Å². The molecule has 4 heteroatoms. The molecule has 0 amide bonds. The van der Waals surface area contributed by atoms with Crippen molar-refractivity contribution >= 4 is 17.7 Å². The molecule has 0 unspecified atom stereocenters. The average Bonchev–Trinajstić information content (AvgIpc) is 2.53. The van der Waals surface area contributed by atoms with Crippen molar-refractivity contribution in [3.8, 4) is 0 Å². The van der Waals surface area contributed by atoms with E-state index in [0.717, 1.165) is 11.3 Å². The minimum Gasteiger partial charge on any atom is -0.465 e. The summed E-state index contributed by atoms with van der Waals surface area (Å²) in [7, 11) is 1.39. The molecule has 0 atom stereocenters. The molecular formula is C16H17NO2S. The van der Waals surface area contributed by atoms with E-state index >= 15 is 0 Å². The van der Waals surface area contributed by atoms with Gasteiger partial charge in [-0.3, -0.25) is 0 Å². The fraction of sp³-hybridized carbons (Fsp3) is 0.188. The molecule has 0 heterocycles. The standard InChI is InChI=1S/C16H17NO2S/c1-19-16(18)14-7-5-12(6-8-14)11-20-15-4-2-3-13(9-15)10-17/h2-9H,10-11,17H2,1H3. The Kier molecular flexibility index (Phi) is 5.21. The Morgan fingerprint density at radius 3 is 2.55 bits per heavy atom. The normalized spacial score (nSPS) is 10.3. The molecule has 104 valence electrons. The zero-order valence-electron chi connectivity index (χ0n) is 11.3. The van der Waals surface area contributed by atoms with Crippen LogP contribution in [0.4, 0.5) is 0 Å². The first-order valence-electron chi connectivity index (χ1n) is 6.32. The van der Waals surface area contributed by atoms with Crippen molar-refractivity contribution in [3.05, 3.63) is 65.2 Å². The average molecular weight is 287 g/mol. The van der Waals surface area contributed by atoms with Crippen molar-refractivity contribution in [1.82, 2.24) is 0 Å². The molecule has 0 aromatic heterocycles. The van der Waals surface area contributed by atoms with E-state index in [-0.39, 0.29) is 5.97 Å². The van der Waals surface area contributed by atoms with Gasteiger partial charge >= 0.3 is 5.97 Å². The zero-order chi connectivity index (χ0) is 14.4. The lowest BCUT2D eigenvalue weighted by Crippen LogP contribution is -2.00. The molecule has 0 spiro atoms. The van der Waals surface area contributed by atoms with Crippen molar-refractivity contribution in [2.45, 2.75) is 17.2 Å². The summed E-state index contributed by atoms with van der Waals surface area (Å²) in [6, 6.07) is 15.7. The van der Waals surface area contributed by atoms with Gasteiger partial charge in [-0.25, -0.2) is 4.79 Å². The number of carbonyl (C=O) groups is 1. The second kappa shape index (κ2) is 7.12. The number of hydrogen-bond acceptors (Lipinski definition) is 4. The predicted molar refractivity (Wildman–Crippen MR) is 81.7 cm³/mol. The Labute approximate surface area is 123 Å². The van der Waals surface area contributed by atoms with Gasteiger partial charge in [0.25, 0.3) is 0 Å². The van der Waals surface area contributed by atoms with Crippen molar-refractivity contribution < 1.29 is 9.53 Å². The van der Waals surface area contributed by atoms with Gasteiger partial charge in [0.1, 0.15) is 0 Å². The fourth-order valence-electron chi connectivity index (χ4n) is 1.78.